The third-order valence-electron chi connectivity index (χ3n) is 3.37. The molecule has 0 spiro atoms. The van der Waals surface area contributed by atoms with E-state index in [2.05, 4.69) is 0 Å². The van der Waals surface area contributed by atoms with Crippen LogP contribution in [0.15, 0.2) is 0 Å². The van der Waals surface area contributed by atoms with Crippen LogP contribution < -0.4 is 0 Å². The van der Waals surface area contributed by atoms with Gasteiger partial charge < -0.3 is 19.3 Å². The predicted molar refractivity (Wildman–Crippen MR) is 79.8 cm³/mol. The van der Waals surface area contributed by atoms with Crippen molar-refractivity contribution < 1.29 is 28.9 Å². The molecule has 0 aromatic rings. The van der Waals surface area contributed by atoms with Gasteiger partial charge in [-0.25, -0.2) is 9.59 Å². The minimum atomic E-state index is -1.08. The molecule has 7 heteroatoms. The maximum atomic E-state index is 12.0. The summed E-state index contributed by atoms with van der Waals surface area (Å²) in [4.78, 5) is 24.7. The van der Waals surface area contributed by atoms with Crippen LogP contribution in [0.1, 0.15) is 34.1 Å². The number of nitrogens with zero attached hydrogens (tertiary/aromatic N) is 1. The largest absolute Gasteiger partial charge is 0.480 e. The minimum Gasteiger partial charge on any atom is -0.480 e. The SMILES string of the molecule is C[C@H](COC1CCOC1)[C@@H](C(=O)O)N(C)C(=O)OC(C)(C)C. The Morgan fingerprint density at radius 2 is 2.05 bits per heavy atom. The molecule has 128 valence electrons. The highest BCUT2D eigenvalue weighted by Crippen LogP contribution is 2.17. The lowest BCUT2D eigenvalue weighted by Gasteiger charge is -2.31. The highest BCUT2D eigenvalue weighted by molar-refractivity contribution is 5.80. The van der Waals surface area contributed by atoms with Crippen molar-refractivity contribution in [2.24, 2.45) is 5.92 Å². The van der Waals surface area contributed by atoms with Gasteiger partial charge in [0.25, 0.3) is 0 Å². The van der Waals surface area contributed by atoms with Crippen LogP contribution in [0, 0.1) is 5.92 Å². The van der Waals surface area contributed by atoms with Crippen LogP contribution >= 0.6 is 0 Å². The first-order chi connectivity index (χ1) is 10.1. The second kappa shape index (κ2) is 7.78. The summed E-state index contributed by atoms with van der Waals surface area (Å²) in [6.07, 6.45) is 0.159. The Bertz CT molecular complexity index is 386. The molecule has 0 aliphatic carbocycles. The van der Waals surface area contributed by atoms with Gasteiger partial charge in [0.1, 0.15) is 11.6 Å². The third kappa shape index (κ3) is 5.81. The number of carboxylic acids is 1. The first kappa shape index (κ1) is 18.7. The van der Waals surface area contributed by atoms with E-state index in [4.69, 9.17) is 14.2 Å². The lowest BCUT2D eigenvalue weighted by Crippen LogP contribution is -2.49. The Balaban J connectivity index is 2.61. The van der Waals surface area contributed by atoms with Gasteiger partial charge >= 0.3 is 12.1 Å². The molecule has 1 rings (SSSR count). The molecular weight excluding hydrogens is 290 g/mol. The van der Waals surface area contributed by atoms with Crippen LogP contribution in [0.25, 0.3) is 0 Å². The zero-order valence-electron chi connectivity index (χ0n) is 14.0. The van der Waals surface area contributed by atoms with Crippen molar-refractivity contribution in [2.45, 2.75) is 51.9 Å². The van der Waals surface area contributed by atoms with Crippen LogP contribution in [-0.4, -0.2) is 66.7 Å². The van der Waals surface area contributed by atoms with E-state index >= 15 is 0 Å². The molecule has 1 unspecified atom stereocenters. The van der Waals surface area contributed by atoms with Crippen molar-refractivity contribution in [2.75, 3.05) is 26.9 Å². The van der Waals surface area contributed by atoms with Gasteiger partial charge in [0.15, 0.2) is 0 Å². The van der Waals surface area contributed by atoms with Gasteiger partial charge in [0, 0.05) is 19.6 Å². The van der Waals surface area contributed by atoms with Crippen molar-refractivity contribution in [3.8, 4) is 0 Å². The van der Waals surface area contributed by atoms with Gasteiger partial charge in [-0.15, -0.1) is 0 Å². The Morgan fingerprint density at radius 3 is 2.50 bits per heavy atom. The molecular formula is C15H27NO6. The van der Waals surface area contributed by atoms with E-state index in [0.29, 0.717) is 13.2 Å². The fourth-order valence-corrected chi connectivity index (χ4v) is 2.26. The summed E-state index contributed by atoms with van der Waals surface area (Å²) in [5.74, 6) is -1.44. The van der Waals surface area contributed by atoms with E-state index < -0.39 is 23.7 Å². The number of likely N-dealkylation sites (N-methyl/N-ethyl adjacent to an activating group) is 1. The molecule has 0 bridgehead atoms. The lowest BCUT2D eigenvalue weighted by atomic mass is 10.0. The van der Waals surface area contributed by atoms with E-state index in [1.807, 2.05) is 0 Å². The number of carboxylic acid groups (broad SMARTS) is 1. The first-order valence-corrected chi connectivity index (χ1v) is 7.49. The zero-order valence-corrected chi connectivity index (χ0v) is 14.0. The Labute approximate surface area is 131 Å². The van der Waals surface area contributed by atoms with E-state index in [1.54, 1.807) is 27.7 Å². The minimum absolute atomic E-state index is 0.00345. The van der Waals surface area contributed by atoms with Crippen molar-refractivity contribution in [3.05, 3.63) is 0 Å². The maximum absolute atomic E-state index is 12.0. The smallest absolute Gasteiger partial charge is 0.410 e. The Hall–Kier alpha value is -1.34. The normalized spacial score (nSPS) is 21.2. The summed E-state index contributed by atoms with van der Waals surface area (Å²) >= 11 is 0. The quantitative estimate of drug-likeness (QED) is 0.803. The number of amides is 1. The fraction of sp³-hybridized carbons (Fsp3) is 0.867. The molecule has 3 atom stereocenters. The van der Waals surface area contributed by atoms with Crippen molar-refractivity contribution in [1.29, 1.82) is 0 Å². The average molecular weight is 317 g/mol. The summed E-state index contributed by atoms with van der Waals surface area (Å²) in [5, 5.41) is 9.42. The number of aliphatic carboxylic acids is 1. The molecule has 1 amide bonds. The van der Waals surface area contributed by atoms with E-state index in [0.717, 1.165) is 11.3 Å². The molecule has 0 aromatic carbocycles. The molecule has 1 heterocycles. The van der Waals surface area contributed by atoms with Gasteiger partial charge in [0.05, 0.1) is 19.3 Å². The molecule has 0 aromatic heterocycles. The van der Waals surface area contributed by atoms with Crippen molar-refractivity contribution in [3.63, 3.8) is 0 Å². The number of hydrogen-bond donors (Lipinski definition) is 1. The summed E-state index contributed by atoms with van der Waals surface area (Å²) in [5.41, 5.74) is -0.671. The Morgan fingerprint density at radius 1 is 1.41 bits per heavy atom. The van der Waals surface area contributed by atoms with Crippen LogP contribution in [0.5, 0.6) is 0 Å². The monoisotopic (exact) mass is 317 g/mol. The lowest BCUT2D eigenvalue weighted by molar-refractivity contribution is -0.145. The van der Waals surface area contributed by atoms with E-state index in [9.17, 15) is 14.7 Å². The van der Waals surface area contributed by atoms with Crippen molar-refractivity contribution in [1.82, 2.24) is 4.90 Å². The second-order valence-corrected chi connectivity index (χ2v) is 6.67. The summed E-state index contributed by atoms with van der Waals surface area (Å²) in [6, 6.07) is -1.00. The highest BCUT2D eigenvalue weighted by atomic mass is 16.6. The topological polar surface area (TPSA) is 85.3 Å². The predicted octanol–water partition coefficient (Wildman–Crippen LogP) is 1.75. The van der Waals surface area contributed by atoms with Crippen molar-refractivity contribution >= 4 is 12.1 Å². The summed E-state index contributed by atoms with van der Waals surface area (Å²) in [7, 11) is 1.43. The summed E-state index contributed by atoms with van der Waals surface area (Å²) < 4.78 is 16.1. The molecule has 1 fully saturated rings. The van der Waals surface area contributed by atoms with Crippen LogP contribution in [0.3, 0.4) is 0 Å². The highest BCUT2D eigenvalue weighted by Gasteiger charge is 2.35. The van der Waals surface area contributed by atoms with Crippen LogP contribution in [0.4, 0.5) is 4.79 Å². The number of rotatable bonds is 6. The van der Waals surface area contributed by atoms with Gasteiger partial charge in [-0.2, -0.15) is 0 Å². The van der Waals surface area contributed by atoms with Gasteiger partial charge in [-0.3, -0.25) is 4.90 Å². The first-order valence-electron chi connectivity index (χ1n) is 7.49. The van der Waals surface area contributed by atoms with Crippen LogP contribution in [-0.2, 0) is 19.0 Å². The molecule has 0 radical (unpaired) electrons. The molecule has 1 N–H and O–H groups in total. The Kier molecular flexibility index (Phi) is 6.62. The zero-order chi connectivity index (χ0) is 16.9. The molecule has 22 heavy (non-hydrogen) atoms. The molecule has 1 aliphatic heterocycles. The average Bonchev–Trinajstić information content (AvgIpc) is 2.86. The maximum Gasteiger partial charge on any atom is 0.410 e. The second-order valence-electron chi connectivity index (χ2n) is 6.67. The van der Waals surface area contributed by atoms with Gasteiger partial charge in [-0.1, -0.05) is 6.92 Å². The van der Waals surface area contributed by atoms with Crippen LogP contribution in [0.2, 0.25) is 0 Å². The number of hydrogen-bond acceptors (Lipinski definition) is 5. The van der Waals surface area contributed by atoms with Gasteiger partial charge in [-0.05, 0) is 27.2 Å². The molecule has 1 aliphatic rings. The standard InChI is InChI=1S/C15H27NO6/c1-10(8-21-11-6-7-20-9-11)12(13(17)18)16(5)14(19)22-15(2,3)4/h10-12H,6-9H2,1-5H3,(H,17,18)/t10-,11?,12+/m1/s1. The summed E-state index contributed by atoms with van der Waals surface area (Å²) in [6.45, 7) is 8.41. The molecule has 1 saturated heterocycles. The number of ether oxygens (including phenoxy) is 3. The molecule has 7 nitrogen and oxygen atoms in total. The van der Waals surface area contributed by atoms with Gasteiger partial charge in [0.2, 0.25) is 0 Å². The molecule has 0 saturated carbocycles. The number of carbonyl (C=O) groups excluding carboxylic acids is 1. The van der Waals surface area contributed by atoms with E-state index in [-0.39, 0.29) is 18.6 Å². The number of carbonyl (C=O) groups is 2. The van der Waals surface area contributed by atoms with E-state index in [1.165, 1.54) is 7.05 Å². The fourth-order valence-electron chi connectivity index (χ4n) is 2.26. The third-order valence-corrected chi connectivity index (χ3v) is 3.37.